The predicted octanol–water partition coefficient (Wildman–Crippen LogP) is 1.81. The van der Waals surface area contributed by atoms with Crippen LogP contribution in [0.4, 0.5) is 0 Å². The van der Waals surface area contributed by atoms with Gasteiger partial charge in [0.1, 0.15) is 6.10 Å². The number of rotatable bonds is 1. The van der Waals surface area contributed by atoms with Crippen LogP contribution in [0.25, 0.3) is 0 Å². The van der Waals surface area contributed by atoms with Crippen LogP contribution in [-0.2, 0) is 9.53 Å². The first-order valence-corrected chi connectivity index (χ1v) is 6.68. The van der Waals surface area contributed by atoms with Crippen LogP contribution in [-0.4, -0.2) is 36.1 Å². The summed E-state index contributed by atoms with van der Waals surface area (Å²) in [5.74, 6) is 1.85. The van der Waals surface area contributed by atoms with Gasteiger partial charge in [0.05, 0.1) is 6.10 Å². The van der Waals surface area contributed by atoms with Crippen LogP contribution in [0, 0.1) is 11.8 Å². The van der Waals surface area contributed by atoms with E-state index in [2.05, 4.69) is 11.8 Å². The fourth-order valence-electron chi connectivity index (χ4n) is 3.60. The predicted molar refractivity (Wildman–Crippen MR) is 61.0 cm³/mol. The molecule has 0 N–H and O–H groups in total. The molecule has 2 aliphatic heterocycles. The first-order valence-electron chi connectivity index (χ1n) is 6.68. The quantitative estimate of drug-likeness (QED) is 0.678. The van der Waals surface area contributed by atoms with Gasteiger partial charge in [-0.15, -0.1) is 0 Å². The SMILES string of the molecule is C[C@@H]1CC[C@H](C(=O)N2C[C@@H]3CCC[C@H]3C2)O1. The molecule has 0 spiro atoms. The summed E-state index contributed by atoms with van der Waals surface area (Å²) in [4.78, 5) is 14.3. The van der Waals surface area contributed by atoms with E-state index < -0.39 is 0 Å². The molecule has 0 aromatic carbocycles. The minimum Gasteiger partial charge on any atom is -0.365 e. The number of carbonyl (C=O) groups is 1. The minimum absolute atomic E-state index is 0.131. The van der Waals surface area contributed by atoms with E-state index in [1.165, 1.54) is 19.3 Å². The molecular formula is C13H21NO2. The fourth-order valence-corrected chi connectivity index (χ4v) is 3.60. The number of carbonyl (C=O) groups excluding carboxylic acids is 1. The maximum Gasteiger partial charge on any atom is 0.251 e. The Balaban J connectivity index is 1.60. The van der Waals surface area contributed by atoms with Crippen LogP contribution in [0.15, 0.2) is 0 Å². The zero-order valence-corrected chi connectivity index (χ0v) is 10.0. The third-order valence-electron chi connectivity index (χ3n) is 4.55. The van der Waals surface area contributed by atoms with E-state index in [0.717, 1.165) is 37.8 Å². The summed E-state index contributed by atoms with van der Waals surface area (Å²) >= 11 is 0. The lowest BCUT2D eigenvalue weighted by Crippen LogP contribution is -2.38. The van der Waals surface area contributed by atoms with Gasteiger partial charge in [-0.2, -0.15) is 0 Å². The van der Waals surface area contributed by atoms with Gasteiger partial charge in [0, 0.05) is 13.1 Å². The molecule has 0 aromatic heterocycles. The van der Waals surface area contributed by atoms with Gasteiger partial charge >= 0.3 is 0 Å². The van der Waals surface area contributed by atoms with Gasteiger partial charge in [0.2, 0.25) is 0 Å². The molecule has 2 saturated heterocycles. The van der Waals surface area contributed by atoms with E-state index in [1.807, 2.05) is 0 Å². The van der Waals surface area contributed by atoms with Crippen LogP contribution in [0.5, 0.6) is 0 Å². The number of ether oxygens (including phenoxy) is 1. The third-order valence-corrected chi connectivity index (χ3v) is 4.55. The van der Waals surface area contributed by atoms with Gasteiger partial charge in [0.15, 0.2) is 0 Å². The normalized spacial score (nSPS) is 42.7. The van der Waals surface area contributed by atoms with Gasteiger partial charge < -0.3 is 9.64 Å². The third kappa shape index (κ3) is 1.75. The van der Waals surface area contributed by atoms with Gasteiger partial charge in [-0.3, -0.25) is 4.79 Å². The lowest BCUT2D eigenvalue weighted by molar-refractivity contribution is -0.141. The maximum absolute atomic E-state index is 12.2. The minimum atomic E-state index is -0.131. The van der Waals surface area contributed by atoms with Gasteiger partial charge in [-0.05, 0) is 44.4 Å². The molecule has 0 bridgehead atoms. The average Bonchev–Trinajstić information content (AvgIpc) is 2.89. The number of hydrogen-bond acceptors (Lipinski definition) is 2. The lowest BCUT2D eigenvalue weighted by atomic mass is 10.0. The van der Waals surface area contributed by atoms with E-state index in [1.54, 1.807) is 0 Å². The summed E-state index contributed by atoms with van der Waals surface area (Å²) in [6.07, 6.45) is 6.13. The van der Waals surface area contributed by atoms with Crippen molar-refractivity contribution >= 4 is 5.91 Å². The van der Waals surface area contributed by atoms with Crippen LogP contribution in [0.2, 0.25) is 0 Å². The second-order valence-electron chi connectivity index (χ2n) is 5.71. The van der Waals surface area contributed by atoms with Crippen molar-refractivity contribution in [3.63, 3.8) is 0 Å². The van der Waals surface area contributed by atoms with Crippen molar-refractivity contribution in [2.24, 2.45) is 11.8 Å². The molecule has 16 heavy (non-hydrogen) atoms. The molecule has 3 heteroatoms. The molecule has 3 fully saturated rings. The zero-order chi connectivity index (χ0) is 11.1. The Kier molecular flexibility index (Phi) is 2.66. The van der Waals surface area contributed by atoms with Gasteiger partial charge in [-0.1, -0.05) is 6.42 Å². The summed E-state index contributed by atoms with van der Waals surface area (Å²) in [5.41, 5.74) is 0. The van der Waals surface area contributed by atoms with E-state index in [0.29, 0.717) is 0 Å². The fraction of sp³-hybridized carbons (Fsp3) is 0.923. The number of nitrogens with zero attached hydrogens (tertiary/aromatic N) is 1. The van der Waals surface area contributed by atoms with E-state index >= 15 is 0 Å². The van der Waals surface area contributed by atoms with Crippen molar-refractivity contribution in [1.82, 2.24) is 4.90 Å². The topological polar surface area (TPSA) is 29.5 Å². The van der Waals surface area contributed by atoms with E-state index in [9.17, 15) is 4.79 Å². The Hall–Kier alpha value is -0.570. The highest BCUT2D eigenvalue weighted by molar-refractivity contribution is 5.81. The summed E-state index contributed by atoms with van der Waals surface area (Å²) in [7, 11) is 0. The molecule has 4 atom stereocenters. The number of fused-ring (bicyclic) bond motifs is 1. The van der Waals surface area contributed by atoms with Crippen LogP contribution >= 0.6 is 0 Å². The Labute approximate surface area is 97.1 Å². The summed E-state index contributed by atoms with van der Waals surface area (Å²) in [6.45, 7) is 4.06. The Morgan fingerprint density at radius 1 is 1.12 bits per heavy atom. The van der Waals surface area contributed by atoms with E-state index in [-0.39, 0.29) is 18.1 Å². The van der Waals surface area contributed by atoms with Crippen LogP contribution in [0.3, 0.4) is 0 Å². The zero-order valence-electron chi connectivity index (χ0n) is 10.0. The molecule has 0 radical (unpaired) electrons. The van der Waals surface area contributed by atoms with Gasteiger partial charge in [0.25, 0.3) is 5.91 Å². The lowest BCUT2D eigenvalue weighted by Gasteiger charge is -2.21. The van der Waals surface area contributed by atoms with E-state index in [4.69, 9.17) is 4.74 Å². The van der Waals surface area contributed by atoms with Crippen molar-refractivity contribution in [1.29, 1.82) is 0 Å². The molecule has 1 aliphatic carbocycles. The Bertz CT molecular complexity index is 280. The second-order valence-corrected chi connectivity index (χ2v) is 5.71. The largest absolute Gasteiger partial charge is 0.365 e. The number of likely N-dealkylation sites (tertiary alicyclic amines) is 1. The maximum atomic E-state index is 12.2. The number of hydrogen-bond donors (Lipinski definition) is 0. The molecule has 3 aliphatic rings. The van der Waals surface area contributed by atoms with Crippen LogP contribution < -0.4 is 0 Å². The number of amides is 1. The molecule has 2 heterocycles. The van der Waals surface area contributed by atoms with Crippen molar-refractivity contribution in [3.8, 4) is 0 Å². The van der Waals surface area contributed by atoms with Crippen molar-refractivity contribution in [3.05, 3.63) is 0 Å². The highest BCUT2D eigenvalue weighted by Crippen LogP contribution is 2.38. The summed E-state index contributed by atoms with van der Waals surface area (Å²) in [5, 5.41) is 0. The van der Waals surface area contributed by atoms with Crippen molar-refractivity contribution in [2.45, 2.75) is 51.2 Å². The molecule has 0 unspecified atom stereocenters. The van der Waals surface area contributed by atoms with Crippen LogP contribution in [0.1, 0.15) is 39.0 Å². The molecular weight excluding hydrogens is 202 g/mol. The molecule has 1 saturated carbocycles. The van der Waals surface area contributed by atoms with Crippen molar-refractivity contribution in [2.75, 3.05) is 13.1 Å². The average molecular weight is 223 g/mol. The highest BCUT2D eigenvalue weighted by atomic mass is 16.5. The first-order chi connectivity index (χ1) is 7.74. The molecule has 1 amide bonds. The molecule has 0 aromatic rings. The van der Waals surface area contributed by atoms with Crippen molar-refractivity contribution < 1.29 is 9.53 Å². The Morgan fingerprint density at radius 2 is 1.81 bits per heavy atom. The summed E-state index contributed by atoms with van der Waals surface area (Å²) < 4.78 is 5.67. The molecule has 3 nitrogen and oxygen atoms in total. The van der Waals surface area contributed by atoms with Gasteiger partial charge in [-0.25, -0.2) is 0 Å². The second kappa shape index (κ2) is 4.02. The Morgan fingerprint density at radius 3 is 2.38 bits per heavy atom. The molecule has 3 rings (SSSR count). The standard InChI is InChI=1S/C13H21NO2/c1-9-5-6-12(16-9)13(15)14-7-10-3-2-4-11(10)8-14/h9-12H,2-8H2,1H3/t9-,10+,11+,12-/m1/s1. The monoisotopic (exact) mass is 223 g/mol. The molecule has 90 valence electrons. The summed E-state index contributed by atoms with van der Waals surface area (Å²) in [6, 6.07) is 0. The smallest absolute Gasteiger partial charge is 0.251 e. The first kappa shape index (κ1) is 10.6. The highest BCUT2D eigenvalue weighted by Gasteiger charge is 2.41.